The maximum absolute atomic E-state index is 10.00. The number of hydrogen-bond acceptors (Lipinski definition) is 3. The van der Waals surface area contributed by atoms with E-state index in [2.05, 4.69) is 12.2 Å². The molecule has 0 aliphatic heterocycles. The van der Waals surface area contributed by atoms with Crippen LogP contribution in [-0.2, 0) is 0 Å². The summed E-state index contributed by atoms with van der Waals surface area (Å²) in [6, 6.07) is 7.66. The number of aliphatic hydroxyl groups excluding tert-OH is 1. The maximum Gasteiger partial charge on any atom is 0.119 e. The van der Waals surface area contributed by atoms with E-state index in [0.717, 1.165) is 11.7 Å². The van der Waals surface area contributed by atoms with E-state index < -0.39 is 6.10 Å². The molecule has 4 heteroatoms. The standard InChI is InChI=1S/C17H26ClNO2/c1-13(14-5-3-2-4-6-14)19-11-16(20)12-21-17-9-7-15(18)8-10-17/h7-10,13-14,16,19-20H,2-6,11-12H2,1H3/t13-,16?/m1/s1. The van der Waals surface area contributed by atoms with Gasteiger partial charge in [0.25, 0.3) is 0 Å². The SMILES string of the molecule is C[C@@H](NCC(O)COc1ccc(Cl)cc1)C1CCCCC1. The van der Waals surface area contributed by atoms with Crippen LogP contribution >= 0.6 is 11.6 Å². The van der Waals surface area contributed by atoms with Crippen LogP contribution in [0.2, 0.25) is 5.02 Å². The van der Waals surface area contributed by atoms with E-state index in [-0.39, 0.29) is 0 Å². The highest BCUT2D eigenvalue weighted by Gasteiger charge is 2.20. The Morgan fingerprint density at radius 2 is 1.90 bits per heavy atom. The average Bonchev–Trinajstić information content (AvgIpc) is 2.53. The van der Waals surface area contributed by atoms with Crippen molar-refractivity contribution in [1.29, 1.82) is 0 Å². The van der Waals surface area contributed by atoms with Gasteiger partial charge in [-0.25, -0.2) is 0 Å². The molecule has 2 N–H and O–H groups in total. The second-order valence-corrected chi connectivity index (χ2v) is 6.45. The van der Waals surface area contributed by atoms with Crippen molar-refractivity contribution < 1.29 is 9.84 Å². The Hall–Kier alpha value is -0.770. The quantitative estimate of drug-likeness (QED) is 0.808. The summed E-state index contributed by atoms with van der Waals surface area (Å²) in [7, 11) is 0. The van der Waals surface area contributed by atoms with Crippen LogP contribution in [0.5, 0.6) is 5.75 Å². The highest BCUT2D eigenvalue weighted by Crippen LogP contribution is 2.26. The highest BCUT2D eigenvalue weighted by atomic mass is 35.5. The summed E-state index contributed by atoms with van der Waals surface area (Å²) < 4.78 is 5.55. The second-order valence-electron chi connectivity index (χ2n) is 6.01. The van der Waals surface area contributed by atoms with Gasteiger partial charge in [-0.2, -0.15) is 0 Å². The van der Waals surface area contributed by atoms with Gasteiger partial charge >= 0.3 is 0 Å². The van der Waals surface area contributed by atoms with Crippen molar-refractivity contribution in [3.05, 3.63) is 29.3 Å². The summed E-state index contributed by atoms with van der Waals surface area (Å²) in [6.45, 7) is 3.10. The molecular weight excluding hydrogens is 286 g/mol. The third-order valence-electron chi connectivity index (χ3n) is 4.29. The van der Waals surface area contributed by atoms with E-state index in [4.69, 9.17) is 16.3 Å². The van der Waals surface area contributed by atoms with Gasteiger partial charge in [0.1, 0.15) is 18.5 Å². The van der Waals surface area contributed by atoms with Gasteiger partial charge in [0.2, 0.25) is 0 Å². The Labute approximate surface area is 132 Å². The lowest BCUT2D eigenvalue weighted by Gasteiger charge is -2.29. The first-order chi connectivity index (χ1) is 10.1. The smallest absolute Gasteiger partial charge is 0.119 e. The fourth-order valence-corrected chi connectivity index (χ4v) is 3.03. The summed E-state index contributed by atoms with van der Waals surface area (Å²) in [5, 5.41) is 14.1. The van der Waals surface area contributed by atoms with Crippen molar-refractivity contribution in [3.63, 3.8) is 0 Å². The Kier molecular flexibility index (Phi) is 6.81. The molecule has 118 valence electrons. The Morgan fingerprint density at radius 1 is 1.24 bits per heavy atom. The van der Waals surface area contributed by atoms with Gasteiger partial charge < -0.3 is 15.2 Å². The predicted octanol–water partition coefficient (Wildman–Crippen LogP) is 3.64. The van der Waals surface area contributed by atoms with E-state index in [1.165, 1.54) is 32.1 Å². The molecule has 1 aromatic carbocycles. The molecule has 1 fully saturated rings. The molecule has 0 aromatic heterocycles. The number of benzene rings is 1. The van der Waals surface area contributed by atoms with E-state index in [1.54, 1.807) is 12.1 Å². The average molecular weight is 312 g/mol. The molecule has 21 heavy (non-hydrogen) atoms. The summed E-state index contributed by atoms with van der Waals surface area (Å²) in [5.74, 6) is 1.49. The molecule has 1 saturated carbocycles. The van der Waals surface area contributed by atoms with Crippen LogP contribution in [0.15, 0.2) is 24.3 Å². The summed E-state index contributed by atoms with van der Waals surface area (Å²) in [4.78, 5) is 0. The van der Waals surface area contributed by atoms with E-state index in [9.17, 15) is 5.11 Å². The molecule has 1 aliphatic rings. The normalized spacial score (nSPS) is 19.2. The molecule has 0 saturated heterocycles. The number of ether oxygens (including phenoxy) is 1. The topological polar surface area (TPSA) is 41.5 Å². The van der Waals surface area contributed by atoms with Crippen LogP contribution in [0.4, 0.5) is 0 Å². The number of rotatable bonds is 7. The lowest BCUT2D eigenvalue weighted by Crippen LogP contribution is -2.40. The van der Waals surface area contributed by atoms with Crippen molar-refractivity contribution in [2.75, 3.05) is 13.2 Å². The largest absolute Gasteiger partial charge is 0.491 e. The van der Waals surface area contributed by atoms with Gasteiger partial charge in [0.05, 0.1) is 0 Å². The molecule has 2 atom stereocenters. The first-order valence-electron chi connectivity index (χ1n) is 7.95. The lowest BCUT2D eigenvalue weighted by molar-refractivity contribution is 0.100. The molecule has 1 aromatic rings. The molecule has 3 nitrogen and oxygen atoms in total. The van der Waals surface area contributed by atoms with Gasteiger partial charge in [-0.15, -0.1) is 0 Å². The third-order valence-corrected chi connectivity index (χ3v) is 4.54. The van der Waals surface area contributed by atoms with Crippen LogP contribution in [0, 0.1) is 5.92 Å². The van der Waals surface area contributed by atoms with Crippen molar-refractivity contribution >= 4 is 11.6 Å². The van der Waals surface area contributed by atoms with Gasteiger partial charge in [0.15, 0.2) is 0 Å². The summed E-state index contributed by atoms with van der Waals surface area (Å²) >= 11 is 5.82. The third kappa shape index (κ3) is 5.85. The second kappa shape index (κ2) is 8.62. The van der Waals surface area contributed by atoms with Crippen LogP contribution in [0.25, 0.3) is 0 Å². The van der Waals surface area contributed by atoms with Crippen LogP contribution in [-0.4, -0.2) is 30.4 Å². The van der Waals surface area contributed by atoms with Crippen LogP contribution in [0.3, 0.4) is 0 Å². The summed E-state index contributed by atoms with van der Waals surface area (Å²) in [6.07, 6.45) is 6.20. The minimum Gasteiger partial charge on any atom is -0.491 e. The highest BCUT2D eigenvalue weighted by molar-refractivity contribution is 6.30. The molecule has 0 heterocycles. The molecule has 0 radical (unpaired) electrons. The molecule has 1 aliphatic carbocycles. The molecule has 0 bridgehead atoms. The van der Waals surface area contributed by atoms with Gasteiger partial charge in [-0.05, 0) is 49.9 Å². The van der Waals surface area contributed by atoms with Gasteiger partial charge in [-0.3, -0.25) is 0 Å². The van der Waals surface area contributed by atoms with Crippen LogP contribution < -0.4 is 10.1 Å². The molecule has 1 unspecified atom stereocenters. The van der Waals surface area contributed by atoms with Crippen molar-refractivity contribution in [1.82, 2.24) is 5.32 Å². The van der Waals surface area contributed by atoms with Crippen molar-refractivity contribution in [3.8, 4) is 5.75 Å². The molecule has 2 rings (SSSR count). The Morgan fingerprint density at radius 3 is 2.57 bits per heavy atom. The molecule has 0 amide bonds. The fourth-order valence-electron chi connectivity index (χ4n) is 2.90. The monoisotopic (exact) mass is 311 g/mol. The van der Waals surface area contributed by atoms with Gasteiger partial charge in [0, 0.05) is 17.6 Å². The zero-order valence-corrected chi connectivity index (χ0v) is 13.5. The minimum absolute atomic E-state index is 0.298. The lowest BCUT2D eigenvalue weighted by atomic mass is 9.84. The fraction of sp³-hybridized carbons (Fsp3) is 0.647. The zero-order valence-electron chi connectivity index (χ0n) is 12.7. The first-order valence-corrected chi connectivity index (χ1v) is 8.33. The van der Waals surface area contributed by atoms with E-state index in [1.807, 2.05) is 12.1 Å². The molecule has 0 spiro atoms. The Balaban J connectivity index is 1.64. The van der Waals surface area contributed by atoms with Crippen molar-refractivity contribution in [2.24, 2.45) is 5.92 Å². The number of nitrogens with one attached hydrogen (secondary N) is 1. The van der Waals surface area contributed by atoms with Crippen LogP contribution in [0.1, 0.15) is 39.0 Å². The summed E-state index contributed by atoms with van der Waals surface area (Å²) in [5.41, 5.74) is 0. The zero-order chi connectivity index (χ0) is 15.1. The minimum atomic E-state index is -0.494. The maximum atomic E-state index is 10.00. The first kappa shape index (κ1) is 16.6. The van der Waals surface area contributed by atoms with E-state index in [0.29, 0.717) is 24.2 Å². The number of hydrogen-bond donors (Lipinski definition) is 2. The number of aliphatic hydroxyl groups is 1. The number of halogens is 1. The van der Waals surface area contributed by atoms with Crippen molar-refractivity contribution in [2.45, 2.75) is 51.2 Å². The Bertz CT molecular complexity index is 404. The van der Waals surface area contributed by atoms with Gasteiger partial charge in [-0.1, -0.05) is 30.9 Å². The van der Waals surface area contributed by atoms with E-state index >= 15 is 0 Å². The molecular formula is C17H26ClNO2. The predicted molar refractivity (Wildman–Crippen MR) is 87.0 cm³/mol.